The van der Waals surface area contributed by atoms with Gasteiger partial charge in [-0.3, -0.25) is 14.6 Å². The zero-order valence-corrected chi connectivity index (χ0v) is 13.9. The molecule has 6 N–H and O–H groups in total. The molecule has 0 amide bonds. The summed E-state index contributed by atoms with van der Waals surface area (Å²) in [7, 11) is -5.83. The Bertz CT molecular complexity index is 33.5. The summed E-state index contributed by atoms with van der Waals surface area (Å²) < 4.78 is 0. The average molecular weight is 292 g/mol. The third kappa shape index (κ3) is 261. The molecule has 0 aromatic carbocycles. The summed E-state index contributed by atoms with van der Waals surface area (Å²) in [5.74, 6) is 0. The van der Waals surface area contributed by atoms with Gasteiger partial charge in [-0.25, -0.2) is 0 Å². The largest absolute Gasteiger partial charge is 2.00 e. The van der Waals surface area contributed by atoms with E-state index in [4.69, 9.17) is 30.1 Å². The molecule has 14 heavy (non-hydrogen) atoms. The van der Waals surface area contributed by atoms with E-state index in [1.54, 1.807) is 0 Å². The smallest absolute Gasteiger partial charge is 0.907 e. The molecule has 0 heterocycles. The van der Waals surface area contributed by atoms with Crippen LogP contribution in [0, 0.1) is 0 Å². The monoisotopic (exact) mass is 292 g/mol. The summed E-state index contributed by atoms with van der Waals surface area (Å²) >= 11 is 0. The van der Waals surface area contributed by atoms with Crippen molar-refractivity contribution in [2.24, 2.45) is 0 Å². The zero-order valence-electron chi connectivity index (χ0n) is 7.23. The summed E-state index contributed by atoms with van der Waals surface area (Å²) in [6.07, 6.45) is 0. The number of hydrogen-bond donors (Lipinski definition) is 0. The van der Waals surface area contributed by atoms with E-state index in [2.05, 4.69) is 0 Å². The maximum absolute atomic E-state index is 8.42. The van der Waals surface area contributed by atoms with Gasteiger partial charge in [-0.05, 0) is 0 Å². The molecule has 0 saturated heterocycles. The SMILES string of the molecule is O.O.O.[Ca+2].[Ca+2].[Ca+2].[O-]B([O-])[O-].[O-]B([O-])[O-]. The van der Waals surface area contributed by atoms with E-state index in [-0.39, 0.29) is 130 Å². The van der Waals surface area contributed by atoms with E-state index in [0.717, 1.165) is 0 Å². The van der Waals surface area contributed by atoms with Gasteiger partial charge in [0.15, 0.2) is 0 Å². The van der Waals surface area contributed by atoms with Crippen molar-refractivity contribution in [2.45, 2.75) is 0 Å². The Labute approximate surface area is 171 Å². The fourth-order valence-electron chi connectivity index (χ4n) is 0. The van der Waals surface area contributed by atoms with Crippen molar-refractivity contribution >= 4 is 128 Å². The molecule has 9 nitrogen and oxygen atoms in total. The maximum atomic E-state index is 8.42. The van der Waals surface area contributed by atoms with Gasteiger partial charge in [0, 0.05) is 0 Å². The van der Waals surface area contributed by atoms with Crippen LogP contribution in [0.2, 0.25) is 0 Å². The minimum absolute atomic E-state index is 0. The third-order valence-electron chi connectivity index (χ3n) is 0. The Morgan fingerprint density at radius 1 is 0.429 bits per heavy atom. The van der Waals surface area contributed by atoms with Crippen LogP contribution in [-0.2, 0) is 0 Å². The van der Waals surface area contributed by atoms with E-state index < -0.39 is 14.6 Å². The first-order chi connectivity index (χ1) is 3.46. The van der Waals surface area contributed by atoms with Crippen LogP contribution < -0.4 is 30.1 Å². The normalized spacial score (nSPS) is 3.86. The summed E-state index contributed by atoms with van der Waals surface area (Å²) in [6.45, 7) is 0. The minimum Gasteiger partial charge on any atom is -0.907 e. The fourth-order valence-corrected chi connectivity index (χ4v) is 0. The summed E-state index contributed by atoms with van der Waals surface area (Å²) in [4.78, 5) is 0. The summed E-state index contributed by atoms with van der Waals surface area (Å²) in [5.41, 5.74) is 0. The molecule has 0 bridgehead atoms. The molecule has 0 fully saturated rings. The van der Waals surface area contributed by atoms with Crippen LogP contribution in [-0.4, -0.2) is 144 Å². The van der Waals surface area contributed by atoms with Crippen molar-refractivity contribution in [1.29, 1.82) is 0 Å². The van der Waals surface area contributed by atoms with E-state index in [1.165, 1.54) is 0 Å². The van der Waals surface area contributed by atoms with Crippen LogP contribution in [0.4, 0.5) is 0 Å². The Hall–Kier alpha value is 3.55. The molecule has 0 aliphatic heterocycles. The predicted octanol–water partition coefficient (Wildman–Crippen LogP) is -11.5. The van der Waals surface area contributed by atoms with Crippen molar-refractivity contribution < 1.29 is 46.6 Å². The van der Waals surface area contributed by atoms with Gasteiger partial charge in [0.2, 0.25) is 0 Å². The van der Waals surface area contributed by atoms with Crippen molar-refractivity contribution in [2.75, 3.05) is 0 Å². The summed E-state index contributed by atoms with van der Waals surface area (Å²) in [5, 5.41) is 50.5. The van der Waals surface area contributed by atoms with E-state index >= 15 is 0 Å². The van der Waals surface area contributed by atoms with Crippen molar-refractivity contribution in [3.8, 4) is 0 Å². The molecule has 0 aliphatic rings. The molecule has 0 atom stereocenters. The molecular weight excluding hydrogens is 286 g/mol. The van der Waals surface area contributed by atoms with Crippen molar-refractivity contribution in [3.05, 3.63) is 0 Å². The van der Waals surface area contributed by atoms with E-state index in [0.29, 0.717) is 0 Å². The van der Waals surface area contributed by atoms with Crippen LogP contribution in [0.25, 0.3) is 0 Å². The maximum Gasteiger partial charge on any atom is 2.00 e. The standard InChI is InChI=1S/2BO3.3Ca.3H2O/c2*2-1(3)4;;;;;;/h;;;;;3*1H2/q2*-3;3*+2;;;. The molecule has 0 radical (unpaired) electrons. The molecule has 0 spiro atoms. The molecule has 0 saturated carbocycles. The number of hydrogen-bond acceptors (Lipinski definition) is 6. The van der Waals surface area contributed by atoms with Gasteiger partial charge in [-0.2, -0.15) is 0 Å². The van der Waals surface area contributed by atoms with Crippen LogP contribution in [0.3, 0.4) is 0 Å². The minimum atomic E-state index is -2.92. The van der Waals surface area contributed by atoms with Gasteiger partial charge < -0.3 is 46.6 Å². The molecule has 0 aliphatic carbocycles. The quantitative estimate of drug-likeness (QED) is 0.392. The second-order valence-corrected chi connectivity index (χ2v) is 0.577. The predicted molar refractivity (Wildman–Crippen MR) is 39.6 cm³/mol. The second kappa shape index (κ2) is 43.9. The van der Waals surface area contributed by atoms with Gasteiger partial charge in [0.1, 0.15) is 0 Å². The number of rotatable bonds is 0. The fraction of sp³-hybridized carbons (Fsp3) is 0. The molecule has 14 heteroatoms. The van der Waals surface area contributed by atoms with Crippen molar-refractivity contribution in [1.82, 2.24) is 0 Å². The first-order valence-corrected chi connectivity index (χ1v) is 1.41. The average Bonchev–Trinajstić information content (AvgIpc) is 1.25. The van der Waals surface area contributed by atoms with Crippen LogP contribution in [0.1, 0.15) is 0 Å². The van der Waals surface area contributed by atoms with Gasteiger partial charge in [-0.15, -0.1) is 0 Å². The molecule has 0 rings (SSSR count). The van der Waals surface area contributed by atoms with Gasteiger partial charge in [-0.1, -0.05) is 0 Å². The molecule has 72 valence electrons. The van der Waals surface area contributed by atoms with E-state index in [1.807, 2.05) is 0 Å². The molecule has 0 aromatic rings. The van der Waals surface area contributed by atoms with E-state index in [9.17, 15) is 0 Å². The zero-order chi connectivity index (χ0) is 7.15. The molecule has 0 unspecified atom stereocenters. The first-order valence-electron chi connectivity index (χ1n) is 1.41. The Balaban J connectivity index is -0.00000000600. The van der Waals surface area contributed by atoms with Gasteiger partial charge >= 0.3 is 113 Å². The Morgan fingerprint density at radius 2 is 0.429 bits per heavy atom. The molecule has 0 aromatic heterocycles. The van der Waals surface area contributed by atoms with Crippen LogP contribution in [0.15, 0.2) is 0 Å². The molecular formula is H6B2Ca3O9. The Kier molecular flexibility index (Phi) is 165. The summed E-state index contributed by atoms with van der Waals surface area (Å²) in [6, 6.07) is 0. The Morgan fingerprint density at radius 3 is 0.429 bits per heavy atom. The van der Waals surface area contributed by atoms with Crippen molar-refractivity contribution in [3.63, 3.8) is 0 Å². The van der Waals surface area contributed by atoms with Crippen LogP contribution in [0.5, 0.6) is 0 Å². The topological polar surface area (TPSA) is 233 Å². The third-order valence-corrected chi connectivity index (χ3v) is 0. The van der Waals surface area contributed by atoms with Crippen LogP contribution >= 0.6 is 0 Å². The van der Waals surface area contributed by atoms with Gasteiger partial charge in [0.05, 0.1) is 0 Å². The van der Waals surface area contributed by atoms with Gasteiger partial charge in [0.25, 0.3) is 0 Å². The first kappa shape index (κ1) is 52.7. The second-order valence-electron chi connectivity index (χ2n) is 0.577.